The Hall–Kier alpha value is -2.11. The number of ether oxygens (including phenoxy) is 1. The molecule has 1 atom stereocenters. The highest BCUT2D eigenvalue weighted by atomic mass is 79.9. The van der Waals surface area contributed by atoms with Gasteiger partial charge in [0.2, 0.25) is 0 Å². The van der Waals surface area contributed by atoms with E-state index >= 15 is 0 Å². The van der Waals surface area contributed by atoms with Crippen LogP contribution in [0.3, 0.4) is 0 Å². The highest BCUT2D eigenvalue weighted by Gasteiger charge is 2.26. The normalized spacial score (nSPS) is 15.6. The van der Waals surface area contributed by atoms with Crippen molar-refractivity contribution in [2.45, 2.75) is 12.6 Å². The Morgan fingerprint density at radius 1 is 1.13 bits per heavy atom. The maximum Gasteiger partial charge on any atom is 0.132 e. The lowest BCUT2D eigenvalue weighted by atomic mass is 9.94. The van der Waals surface area contributed by atoms with Crippen molar-refractivity contribution in [3.63, 3.8) is 0 Å². The molecule has 0 saturated heterocycles. The average Bonchev–Trinajstić information content (AvgIpc) is 3.08. The van der Waals surface area contributed by atoms with E-state index in [0.29, 0.717) is 0 Å². The van der Waals surface area contributed by atoms with E-state index in [9.17, 15) is 0 Å². The Morgan fingerprint density at radius 3 is 2.87 bits per heavy atom. The molecule has 2 heterocycles. The van der Waals surface area contributed by atoms with Gasteiger partial charge in [0.25, 0.3) is 0 Å². The molecule has 0 saturated carbocycles. The molecule has 3 aromatic rings. The lowest BCUT2D eigenvalue weighted by molar-refractivity contribution is 0.424. The van der Waals surface area contributed by atoms with Crippen molar-refractivity contribution in [2.24, 2.45) is 0 Å². The van der Waals surface area contributed by atoms with E-state index in [-0.39, 0.29) is 6.04 Å². The van der Waals surface area contributed by atoms with E-state index in [1.807, 2.05) is 36.8 Å². The Morgan fingerprint density at radius 2 is 2.00 bits per heavy atom. The molecule has 4 nitrogen and oxygen atoms in total. The highest BCUT2D eigenvalue weighted by molar-refractivity contribution is 9.10. The van der Waals surface area contributed by atoms with Gasteiger partial charge in [0.15, 0.2) is 0 Å². The third-order valence-electron chi connectivity index (χ3n) is 4.01. The van der Waals surface area contributed by atoms with Gasteiger partial charge in [-0.25, -0.2) is 4.98 Å². The van der Waals surface area contributed by atoms with Crippen LogP contribution in [0, 0.1) is 0 Å². The molecule has 0 fully saturated rings. The summed E-state index contributed by atoms with van der Waals surface area (Å²) < 4.78 is 9.16. The van der Waals surface area contributed by atoms with Crippen LogP contribution in [-0.4, -0.2) is 16.1 Å². The molecule has 23 heavy (non-hydrogen) atoms. The SMILES string of the molecule is Brc1ccc2c(c1)C(NCCn1ccnc1)c1ccccc1O2. The van der Waals surface area contributed by atoms with E-state index < -0.39 is 0 Å². The molecule has 1 aromatic heterocycles. The van der Waals surface area contributed by atoms with Crippen molar-refractivity contribution in [1.82, 2.24) is 14.9 Å². The lowest BCUT2D eigenvalue weighted by Crippen LogP contribution is -2.28. The molecule has 1 unspecified atom stereocenters. The number of fused-ring (bicyclic) bond motifs is 2. The summed E-state index contributed by atoms with van der Waals surface area (Å²) in [6.45, 7) is 1.73. The van der Waals surface area contributed by atoms with Crippen LogP contribution in [0.5, 0.6) is 11.5 Å². The van der Waals surface area contributed by atoms with Gasteiger partial charge in [0, 0.05) is 41.1 Å². The minimum Gasteiger partial charge on any atom is -0.457 e. The van der Waals surface area contributed by atoms with Crippen LogP contribution in [0.25, 0.3) is 0 Å². The van der Waals surface area contributed by atoms with Crippen molar-refractivity contribution < 1.29 is 4.74 Å². The van der Waals surface area contributed by atoms with Crippen LogP contribution in [-0.2, 0) is 6.54 Å². The van der Waals surface area contributed by atoms with E-state index in [1.165, 1.54) is 5.56 Å². The molecule has 0 bridgehead atoms. The number of hydrogen-bond acceptors (Lipinski definition) is 3. The zero-order valence-corrected chi connectivity index (χ0v) is 14.0. The minimum atomic E-state index is 0.121. The Balaban J connectivity index is 1.63. The first-order valence-electron chi connectivity index (χ1n) is 7.56. The van der Waals surface area contributed by atoms with Crippen molar-refractivity contribution in [3.8, 4) is 11.5 Å². The predicted molar refractivity (Wildman–Crippen MR) is 92.7 cm³/mol. The molecule has 1 N–H and O–H groups in total. The minimum absolute atomic E-state index is 0.121. The van der Waals surface area contributed by atoms with Crippen LogP contribution in [0.15, 0.2) is 65.7 Å². The maximum absolute atomic E-state index is 6.04. The highest BCUT2D eigenvalue weighted by Crippen LogP contribution is 2.43. The number of para-hydroxylation sites is 1. The van der Waals surface area contributed by atoms with Crippen LogP contribution in [0.2, 0.25) is 0 Å². The van der Waals surface area contributed by atoms with Gasteiger partial charge in [-0.15, -0.1) is 0 Å². The topological polar surface area (TPSA) is 39.1 Å². The van der Waals surface area contributed by atoms with Crippen molar-refractivity contribution in [3.05, 3.63) is 76.8 Å². The van der Waals surface area contributed by atoms with Gasteiger partial charge < -0.3 is 14.6 Å². The number of imidazole rings is 1. The fraction of sp³-hybridized carbons (Fsp3) is 0.167. The summed E-state index contributed by atoms with van der Waals surface area (Å²) in [6, 6.07) is 14.5. The number of halogens is 1. The van der Waals surface area contributed by atoms with Crippen LogP contribution >= 0.6 is 15.9 Å². The molecule has 1 aliphatic heterocycles. The van der Waals surface area contributed by atoms with Gasteiger partial charge in [-0.05, 0) is 24.3 Å². The molecule has 1 aliphatic rings. The van der Waals surface area contributed by atoms with E-state index in [0.717, 1.165) is 34.6 Å². The Bertz CT molecular complexity index is 817. The van der Waals surface area contributed by atoms with Gasteiger partial charge >= 0.3 is 0 Å². The average molecular weight is 370 g/mol. The second-order valence-electron chi connectivity index (χ2n) is 5.51. The van der Waals surface area contributed by atoms with Crippen LogP contribution in [0.1, 0.15) is 17.2 Å². The number of hydrogen-bond donors (Lipinski definition) is 1. The lowest BCUT2D eigenvalue weighted by Gasteiger charge is -2.29. The van der Waals surface area contributed by atoms with E-state index in [4.69, 9.17) is 4.74 Å². The maximum atomic E-state index is 6.04. The fourth-order valence-electron chi connectivity index (χ4n) is 2.91. The van der Waals surface area contributed by atoms with Crippen molar-refractivity contribution in [2.75, 3.05) is 6.54 Å². The summed E-state index contributed by atoms with van der Waals surface area (Å²) in [5, 5.41) is 3.65. The summed E-state index contributed by atoms with van der Waals surface area (Å²) in [4.78, 5) is 4.08. The van der Waals surface area contributed by atoms with Gasteiger partial charge in [-0.1, -0.05) is 34.1 Å². The number of rotatable bonds is 4. The quantitative estimate of drug-likeness (QED) is 0.751. The van der Waals surface area contributed by atoms with Gasteiger partial charge in [0.05, 0.1) is 12.4 Å². The zero-order valence-electron chi connectivity index (χ0n) is 12.4. The van der Waals surface area contributed by atoms with Gasteiger partial charge in [0.1, 0.15) is 11.5 Å². The monoisotopic (exact) mass is 369 g/mol. The second kappa shape index (κ2) is 6.18. The summed E-state index contributed by atoms with van der Waals surface area (Å²) >= 11 is 3.56. The molecule has 0 aliphatic carbocycles. The Labute approximate surface area is 143 Å². The number of nitrogens with zero attached hydrogens (tertiary/aromatic N) is 2. The summed E-state index contributed by atoms with van der Waals surface area (Å²) in [6.07, 6.45) is 5.62. The zero-order chi connectivity index (χ0) is 15.6. The Kier molecular flexibility index (Phi) is 3.89. The molecular formula is C18H16BrN3O. The third-order valence-corrected chi connectivity index (χ3v) is 4.50. The fourth-order valence-corrected chi connectivity index (χ4v) is 3.29. The summed E-state index contributed by atoms with van der Waals surface area (Å²) in [5.41, 5.74) is 2.33. The number of nitrogens with one attached hydrogen (secondary N) is 1. The first-order chi connectivity index (χ1) is 11.3. The van der Waals surface area contributed by atoms with Crippen LogP contribution < -0.4 is 10.1 Å². The standard InChI is InChI=1S/C18H16BrN3O/c19-13-5-6-17-15(11-13)18(14-3-1-2-4-16(14)23-17)21-8-10-22-9-7-20-12-22/h1-7,9,11-12,18,21H,8,10H2. The second-order valence-corrected chi connectivity index (χ2v) is 6.43. The smallest absolute Gasteiger partial charge is 0.132 e. The van der Waals surface area contributed by atoms with Crippen molar-refractivity contribution in [1.29, 1.82) is 0 Å². The molecule has 0 spiro atoms. The van der Waals surface area contributed by atoms with Gasteiger partial charge in [-0.3, -0.25) is 0 Å². The first-order valence-corrected chi connectivity index (χ1v) is 8.36. The number of benzene rings is 2. The predicted octanol–water partition coefficient (Wildman–Crippen LogP) is 4.13. The molecule has 5 heteroatoms. The van der Waals surface area contributed by atoms with Crippen molar-refractivity contribution >= 4 is 15.9 Å². The third kappa shape index (κ3) is 2.90. The molecule has 2 aromatic carbocycles. The largest absolute Gasteiger partial charge is 0.457 e. The van der Waals surface area contributed by atoms with Crippen LogP contribution in [0.4, 0.5) is 0 Å². The first kappa shape index (κ1) is 14.5. The summed E-state index contributed by atoms with van der Waals surface area (Å²) in [5.74, 6) is 1.83. The summed E-state index contributed by atoms with van der Waals surface area (Å²) in [7, 11) is 0. The molecule has 0 amide bonds. The molecule has 4 rings (SSSR count). The number of aromatic nitrogens is 2. The molecular weight excluding hydrogens is 354 g/mol. The van der Waals surface area contributed by atoms with E-state index in [2.05, 4.69) is 49.0 Å². The molecule has 116 valence electrons. The molecule has 0 radical (unpaired) electrons. The van der Waals surface area contributed by atoms with E-state index in [1.54, 1.807) is 6.20 Å². The van der Waals surface area contributed by atoms with Gasteiger partial charge in [-0.2, -0.15) is 0 Å².